The number of rotatable bonds is 2. The van der Waals surface area contributed by atoms with Gasteiger partial charge in [0.25, 0.3) is 0 Å². The van der Waals surface area contributed by atoms with Gasteiger partial charge in [0.1, 0.15) is 0 Å². The number of ether oxygens (including phenoxy) is 1. The molecule has 0 aromatic carbocycles. The molecule has 1 saturated heterocycles. The summed E-state index contributed by atoms with van der Waals surface area (Å²) in [6.07, 6.45) is 0. The van der Waals surface area contributed by atoms with Crippen LogP contribution < -0.4 is 0 Å². The van der Waals surface area contributed by atoms with Crippen molar-refractivity contribution in [2.45, 2.75) is 13.0 Å². The summed E-state index contributed by atoms with van der Waals surface area (Å²) in [7, 11) is 0. The van der Waals surface area contributed by atoms with E-state index in [9.17, 15) is 0 Å². The molecule has 0 radical (unpaired) electrons. The quantitative estimate of drug-likeness (QED) is 0.881. The first-order valence-corrected chi connectivity index (χ1v) is 5.73. The van der Waals surface area contributed by atoms with Crippen LogP contribution in [-0.4, -0.2) is 36.2 Å². The van der Waals surface area contributed by atoms with Crippen LogP contribution in [0.3, 0.4) is 0 Å². The van der Waals surface area contributed by atoms with Gasteiger partial charge in [0, 0.05) is 24.8 Å². The Bertz CT molecular complexity index is 294. The van der Waals surface area contributed by atoms with Gasteiger partial charge in [-0.15, -0.1) is 0 Å². The minimum Gasteiger partial charge on any atom is -0.379 e. The third-order valence-corrected chi connectivity index (χ3v) is 3.18. The summed E-state index contributed by atoms with van der Waals surface area (Å²) in [5, 5.41) is 0. The molecule has 0 spiro atoms. The third-order valence-electron chi connectivity index (χ3n) is 2.72. The Morgan fingerprint density at radius 2 is 2.14 bits per heavy atom. The number of hydrogen-bond acceptors (Lipinski definition) is 2. The standard InChI is InChI=1S/C10H15BrN2O/c1-8(9-2-3-10(11)12-9)13-4-6-14-7-5-13/h2-3,8,12H,4-7H2,1H3. The molecule has 1 aliphatic heterocycles. The maximum Gasteiger partial charge on any atom is 0.0822 e. The summed E-state index contributed by atoms with van der Waals surface area (Å²) in [5.74, 6) is 0. The predicted molar refractivity (Wildman–Crippen MR) is 59.3 cm³/mol. The number of H-pyrrole nitrogens is 1. The van der Waals surface area contributed by atoms with Crippen LogP contribution in [0.15, 0.2) is 16.7 Å². The Balaban J connectivity index is 2.03. The maximum absolute atomic E-state index is 5.33. The molecule has 1 aromatic heterocycles. The lowest BCUT2D eigenvalue weighted by molar-refractivity contribution is 0.0191. The number of morpholine rings is 1. The lowest BCUT2D eigenvalue weighted by Gasteiger charge is -2.31. The molecule has 1 atom stereocenters. The summed E-state index contributed by atoms with van der Waals surface area (Å²) < 4.78 is 6.38. The maximum atomic E-state index is 5.33. The van der Waals surface area contributed by atoms with Gasteiger partial charge in [0.15, 0.2) is 0 Å². The van der Waals surface area contributed by atoms with Gasteiger partial charge in [-0.1, -0.05) is 0 Å². The monoisotopic (exact) mass is 258 g/mol. The minimum atomic E-state index is 0.449. The number of halogens is 1. The highest BCUT2D eigenvalue weighted by molar-refractivity contribution is 9.10. The fourth-order valence-electron chi connectivity index (χ4n) is 1.79. The van der Waals surface area contributed by atoms with Crippen LogP contribution in [0.4, 0.5) is 0 Å². The first-order chi connectivity index (χ1) is 6.77. The highest BCUT2D eigenvalue weighted by Gasteiger charge is 2.19. The highest BCUT2D eigenvalue weighted by atomic mass is 79.9. The van der Waals surface area contributed by atoms with E-state index in [4.69, 9.17) is 4.74 Å². The van der Waals surface area contributed by atoms with Gasteiger partial charge < -0.3 is 9.72 Å². The van der Waals surface area contributed by atoms with Crippen molar-refractivity contribution in [3.8, 4) is 0 Å². The Labute approximate surface area is 92.6 Å². The zero-order valence-electron chi connectivity index (χ0n) is 8.29. The Morgan fingerprint density at radius 1 is 1.43 bits per heavy atom. The zero-order valence-corrected chi connectivity index (χ0v) is 9.88. The Kier molecular flexibility index (Phi) is 3.26. The van der Waals surface area contributed by atoms with E-state index in [0.717, 1.165) is 30.9 Å². The molecule has 0 saturated carbocycles. The molecule has 3 nitrogen and oxygen atoms in total. The molecule has 14 heavy (non-hydrogen) atoms. The van der Waals surface area contributed by atoms with E-state index in [1.807, 2.05) is 6.07 Å². The molecule has 78 valence electrons. The van der Waals surface area contributed by atoms with Crippen molar-refractivity contribution in [3.05, 3.63) is 22.4 Å². The normalized spacial score (nSPS) is 21.0. The van der Waals surface area contributed by atoms with Crippen molar-refractivity contribution >= 4 is 15.9 Å². The predicted octanol–water partition coefficient (Wildman–Crippen LogP) is 2.17. The van der Waals surface area contributed by atoms with E-state index < -0.39 is 0 Å². The number of nitrogens with one attached hydrogen (secondary N) is 1. The third kappa shape index (κ3) is 2.19. The zero-order chi connectivity index (χ0) is 9.97. The van der Waals surface area contributed by atoms with Crippen molar-refractivity contribution in [1.29, 1.82) is 0 Å². The Morgan fingerprint density at radius 3 is 2.71 bits per heavy atom. The summed E-state index contributed by atoms with van der Waals surface area (Å²) in [6.45, 7) is 5.98. The molecular weight excluding hydrogens is 244 g/mol. The number of hydrogen-bond donors (Lipinski definition) is 1. The van der Waals surface area contributed by atoms with E-state index in [0.29, 0.717) is 6.04 Å². The average Bonchev–Trinajstić information content (AvgIpc) is 2.65. The van der Waals surface area contributed by atoms with Crippen LogP contribution in [0.5, 0.6) is 0 Å². The lowest BCUT2D eigenvalue weighted by atomic mass is 10.2. The largest absolute Gasteiger partial charge is 0.379 e. The van der Waals surface area contributed by atoms with E-state index in [2.05, 4.69) is 38.8 Å². The van der Waals surface area contributed by atoms with Crippen molar-refractivity contribution in [2.24, 2.45) is 0 Å². The first kappa shape index (κ1) is 10.2. The molecule has 4 heteroatoms. The molecule has 1 unspecified atom stereocenters. The second-order valence-electron chi connectivity index (χ2n) is 3.59. The van der Waals surface area contributed by atoms with Crippen LogP contribution in [0.2, 0.25) is 0 Å². The lowest BCUT2D eigenvalue weighted by Crippen LogP contribution is -2.38. The molecule has 0 bridgehead atoms. The minimum absolute atomic E-state index is 0.449. The SMILES string of the molecule is CC(c1ccc(Br)[nH]1)N1CCOCC1. The molecule has 1 N–H and O–H groups in total. The number of nitrogens with zero attached hydrogens (tertiary/aromatic N) is 1. The molecule has 1 aromatic rings. The molecule has 2 heterocycles. The Hall–Kier alpha value is -0.320. The first-order valence-electron chi connectivity index (χ1n) is 4.93. The summed E-state index contributed by atoms with van der Waals surface area (Å²) in [4.78, 5) is 5.74. The fraction of sp³-hybridized carbons (Fsp3) is 0.600. The van der Waals surface area contributed by atoms with Gasteiger partial charge >= 0.3 is 0 Å². The second-order valence-corrected chi connectivity index (χ2v) is 4.44. The van der Waals surface area contributed by atoms with Crippen LogP contribution in [0.25, 0.3) is 0 Å². The summed E-state index contributed by atoms with van der Waals surface area (Å²) in [5.41, 5.74) is 1.26. The van der Waals surface area contributed by atoms with Gasteiger partial charge in [-0.25, -0.2) is 0 Å². The average molecular weight is 259 g/mol. The van der Waals surface area contributed by atoms with Gasteiger partial charge in [-0.2, -0.15) is 0 Å². The van der Waals surface area contributed by atoms with Crippen molar-refractivity contribution in [3.63, 3.8) is 0 Å². The summed E-state index contributed by atoms with van der Waals surface area (Å²) >= 11 is 3.43. The smallest absolute Gasteiger partial charge is 0.0822 e. The summed E-state index contributed by atoms with van der Waals surface area (Å²) in [6, 6.07) is 4.63. The highest BCUT2D eigenvalue weighted by Crippen LogP contribution is 2.21. The van der Waals surface area contributed by atoms with Crippen LogP contribution in [0, 0.1) is 0 Å². The molecular formula is C10H15BrN2O. The van der Waals surface area contributed by atoms with E-state index in [-0.39, 0.29) is 0 Å². The molecule has 1 fully saturated rings. The van der Waals surface area contributed by atoms with Crippen molar-refractivity contribution < 1.29 is 4.74 Å². The molecule has 1 aliphatic rings. The molecule has 2 rings (SSSR count). The van der Waals surface area contributed by atoms with Crippen LogP contribution >= 0.6 is 15.9 Å². The van der Waals surface area contributed by atoms with Crippen LogP contribution in [-0.2, 0) is 4.74 Å². The topological polar surface area (TPSA) is 28.3 Å². The molecule has 0 aliphatic carbocycles. The van der Waals surface area contributed by atoms with E-state index in [1.165, 1.54) is 5.69 Å². The van der Waals surface area contributed by atoms with Gasteiger partial charge in [-0.3, -0.25) is 4.90 Å². The van der Waals surface area contributed by atoms with Gasteiger partial charge in [0.2, 0.25) is 0 Å². The number of aromatic amines is 1. The van der Waals surface area contributed by atoms with E-state index >= 15 is 0 Å². The van der Waals surface area contributed by atoms with Crippen molar-refractivity contribution in [2.75, 3.05) is 26.3 Å². The van der Waals surface area contributed by atoms with Gasteiger partial charge in [0.05, 0.1) is 17.8 Å². The molecule has 0 amide bonds. The van der Waals surface area contributed by atoms with Crippen LogP contribution in [0.1, 0.15) is 18.7 Å². The fourth-order valence-corrected chi connectivity index (χ4v) is 2.15. The van der Waals surface area contributed by atoms with E-state index in [1.54, 1.807) is 0 Å². The van der Waals surface area contributed by atoms with Crippen molar-refractivity contribution in [1.82, 2.24) is 9.88 Å². The second kappa shape index (κ2) is 4.47. The van der Waals surface area contributed by atoms with Gasteiger partial charge in [-0.05, 0) is 35.0 Å². The number of aromatic nitrogens is 1.